The molecule has 0 aliphatic carbocycles. The van der Waals surface area contributed by atoms with Gasteiger partial charge < -0.3 is 8.98 Å². The first-order chi connectivity index (χ1) is 34.7. The van der Waals surface area contributed by atoms with Crippen LogP contribution in [0.5, 0.6) is 0 Å². The van der Waals surface area contributed by atoms with E-state index in [9.17, 15) is 0 Å². The summed E-state index contributed by atoms with van der Waals surface area (Å²) in [6, 6.07) is 85.6. The molecule has 0 unspecified atom stereocenters. The van der Waals surface area contributed by atoms with Crippen LogP contribution in [0.2, 0.25) is 0 Å². The molecule has 14 rings (SSSR count). The molecule has 0 aliphatic rings. The van der Waals surface area contributed by atoms with Crippen molar-refractivity contribution in [1.29, 1.82) is 0 Å². The Kier molecular flexibility index (Phi) is 9.14. The van der Waals surface area contributed by atoms with Gasteiger partial charge in [0.2, 0.25) is 0 Å². The molecular weight excluding hydrogens is 853 g/mol. The number of pyridine rings is 1. The molecule has 0 aliphatic heterocycles. The number of hydrogen-bond donors (Lipinski definition) is 0. The summed E-state index contributed by atoms with van der Waals surface area (Å²) in [6.07, 6.45) is 0. The maximum Gasteiger partial charge on any atom is 0.160 e. The minimum absolute atomic E-state index is 0.679. The first kappa shape index (κ1) is 39.7. The lowest BCUT2D eigenvalue weighted by Gasteiger charge is -2.16. The third kappa shape index (κ3) is 6.51. The van der Waals surface area contributed by atoms with Crippen molar-refractivity contribution < 1.29 is 4.42 Å². The van der Waals surface area contributed by atoms with E-state index >= 15 is 0 Å². The van der Waals surface area contributed by atoms with E-state index < -0.39 is 0 Å². The van der Waals surface area contributed by atoms with Gasteiger partial charge in [-0.15, -0.1) is 0 Å². The summed E-state index contributed by atoms with van der Waals surface area (Å²) in [7, 11) is 0. The average molecular weight is 893 g/mol. The summed E-state index contributed by atoms with van der Waals surface area (Å²) >= 11 is 0. The van der Waals surface area contributed by atoms with Crippen LogP contribution >= 0.6 is 0 Å². The Labute approximate surface area is 403 Å². The van der Waals surface area contributed by atoms with E-state index in [1.807, 2.05) is 30.3 Å². The molecule has 14 aromatic rings. The van der Waals surface area contributed by atoms with Crippen LogP contribution in [-0.4, -0.2) is 19.5 Å². The van der Waals surface area contributed by atoms with Crippen molar-refractivity contribution in [3.05, 3.63) is 243 Å². The lowest BCUT2D eigenvalue weighted by molar-refractivity contribution is 0.669. The zero-order valence-electron chi connectivity index (χ0n) is 37.8. The van der Waals surface area contributed by atoms with Crippen LogP contribution in [0.4, 0.5) is 0 Å². The number of benzene rings is 10. The van der Waals surface area contributed by atoms with E-state index in [0.717, 1.165) is 111 Å². The summed E-state index contributed by atoms with van der Waals surface area (Å²) in [4.78, 5) is 15.7. The molecule has 70 heavy (non-hydrogen) atoms. The molecule has 0 radical (unpaired) electrons. The highest BCUT2D eigenvalue weighted by Gasteiger charge is 2.22. The Morgan fingerprint density at radius 1 is 0.314 bits per heavy atom. The van der Waals surface area contributed by atoms with Crippen molar-refractivity contribution in [1.82, 2.24) is 19.5 Å². The Hall–Kier alpha value is -9.45. The van der Waals surface area contributed by atoms with Crippen molar-refractivity contribution in [2.75, 3.05) is 0 Å². The van der Waals surface area contributed by atoms with Crippen LogP contribution < -0.4 is 0 Å². The highest BCUT2D eigenvalue weighted by Crippen LogP contribution is 2.47. The van der Waals surface area contributed by atoms with E-state index in [1.165, 1.54) is 21.8 Å². The van der Waals surface area contributed by atoms with Gasteiger partial charge in [-0.25, -0.2) is 15.0 Å². The average Bonchev–Trinajstić information content (AvgIpc) is 3.98. The monoisotopic (exact) mass is 892 g/mol. The van der Waals surface area contributed by atoms with Gasteiger partial charge in [0.1, 0.15) is 11.2 Å². The zero-order chi connectivity index (χ0) is 46.1. The normalized spacial score (nSPS) is 11.7. The minimum atomic E-state index is 0.679. The second-order valence-corrected chi connectivity index (χ2v) is 17.9. The Morgan fingerprint density at radius 2 is 0.886 bits per heavy atom. The van der Waals surface area contributed by atoms with Crippen molar-refractivity contribution in [2.45, 2.75) is 0 Å². The molecule has 0 amide bonds. The highest BCUT2D eigenvalue weighted by molar-refractivity contribution is 6.28. The topological polar surface area (TPSA) is 56.7 Å². The van der Waals surface area contributed by atoms with E-state index in [-0.39, 0.29) is 0 Å². The van der Waals surface area contributed by atoms with Gasteiger partial charge in [0.15, 0.2) is 5.82 Å². The SMILES string of the molecule is c1ccc(-c2nc(-c3ccc(-c4cccc(-c5c6c(cc7c(-c8ccccc8)nc8ccccc8c57)oc5ccccc56)c4)cc3)cc(-c3cccc(-n4c5ccccc5c5ccccc54)c3)n2)cc1. The van der Waals surface area contributed by atoms with E-state index in [4.69, 9.17) is 19.4 Å². The van der Waals surface area contributed by atoms with Gasteiger partial charge in [0.25, 0.3) is 0 Å². The number of furan rings is 1. The highest BCUT2D eigenvalue weighted by atomic mass is 16.3. The first-order valence-corrected chi connectivity index (χ1v) is 23.7. The first-order valence-electron chi connectivity index (χ1n) is 23.7. The van der Waals surface area contributed by atoms with Gasteiger partial charge in [-0.1, -0.05) is 188 Å². The van der Waals surface area contributed by atoms with Gasteiger partial charge in [0, 0.05) is 71.2 Å². The molecule has 0 saturated heterocycles. The van der Waals surface area contributed by atoms with Gasteiger partial charge >= 0.3 is 0 Å². The molecule has 0 saturated carbocycles. The van der Waals surface area contributed by atoms with E-state index in [2.05, 4.69) is 217 Å². The predicted molar refractivity (Wildman–Crippen MR) is 289 cm³/mol. The van der Waals surface area contributed by atoms with Crippen LogP contribution in [0.3, 0.4) is 0 Å². The number of aromatic nitrogens is 4. The van der Waals surface area contributed by atoms with Crippen molar-refractivity contribution in [3.8, 4) is 73.1 Å². The lowest BCUT2D eigenvalue weighted by atomic mass is 9.88. The minimum Gasteiger partial charge on any atom is -0.456 e. The molecule has 4 aromatic heterocycles. The number of nitrogens with zero attached hydrogens (tertiary/aromatic N) is 4. The fourth-order valence-electron chi connectivity index (χ4n) is 10.6. The van der Waals surface area contributed by atoms with Crippen molar-refractivity contribution in [3.63, 3.8) is 0 Å². The van der Waals surface area contributed by atoms with Gasteiger partial charge in [0.05, 0.1) is 33.6 Å². The Bertz CT molecular complexity index is 4290. The maximum absolute atomic E-state index is 6.68. The van der Waals surface area contributed by atoms with Crippen LogP contribution in [0.25, 0.3) is 139 Å². The summed E-state index contributed by atoms with van der Waals surface area (Å²) in [5, 5.41) is 7.96. The summed E-state index contributed by atoms with van der Waals surface area (Å²) in [5.41, 5.74) is 17.2. The number of para-hydroxylation sites is 4. The Balaban J connectivity index is 0.900. The fourth-order valence-corrected chi connectivity index (χ4v) is 10.6. The molecule has 10 aromatic carbocycles. The molecule has 5 heteroatoms. The van der Waals surface area contributed by atoms with E-state index in [0.29, 0.717) is 5.82 Å². The van der Waals surface area contributed by atoms with Crippen LogP contribution in [0, 0.1) is 0 Å². The fraction of sp³-hybridized carbons (Fsp3) is 0. The molecule has 0 fully saturated rings. The zero-order valence-corrected chi connectivity index (χ0v) is 37.8. The second kappa shape index (κ2) is 16.1. The number of fused-ring (bicyclic) bond motifs is 9. The summed E-state index contributed by atoms with van der Waals surface area (Å²) in [5.74, 6) is 0.679. The molecular formula is C65H40N4O. The molecule has 0 N–H and O–H groups in total. The smallest absolute Gasteiger partial charge is 0.160 e. The predicted octanol–water partition coefficient (Wildman–Crippen LogP) is 17.2. The molecule has 0 atom stereocenters. The third-order valence-electron chi connectivity index (χ3n) is 13.8. The molecule has 5 nitrogen and oxygen atoms in total. The van der Waals surface area contributed by atoms with Crippen molar-refractivity contribution in [2.24, 2.45) is 0 Å². The van der Waals surface area contributed by atoms with Gasteiger partial charge in [-0.05, 0) is 71.3 Å². The van der Waals surface area contributed by atoms with Gasteiger partial charge in [-0.2, -0.15) is 0 Å². The van der Waals surface area contributed by atoms with Crippen LogP contribution in [0.1, 0.15) is 0 Å². The molecule has 0 spiro atoms. The molecule has 0 bridgehead atoms. The number of hydrogen-bond acceptors (Lipinski definition) is 4. The molecule has 4 heterocycles. The van der Waals surface area contributed by atoms with Crippen molar-refractivity contribution >= 4 is 65.4 Å². The van der Waals surface area contributed by atoms with Crippen LogP contribution in [0.15, 0.2) is 247 Å². The maximum atomic E-state index is 6.68. The summed E-state index contributed by atoms with van der Waals surface area (Å²) < 4.78 is 9.03. The van der Waals surface area contributed by atoms with Crippen LogP contribution in [-0.2, 0) is 0 Å². The molecule has 326 valence electrons. The quantitative estimate of drug-likeness (QED) is 0.150. The largest absolute Gasteiger partial charge is 0.456 e. The van der Waals surface area contributed by atoms with Gasteiger partial charge in [-0.3, -0.25) is 0 Å². The second-order valence-electron chi connectivity index (χ2n) is 17.9. The summed E-state index contributed by atoms with van der Waals surface area (Å²) in [6.45, 7) is 0. The third-order valence-corrected chi connectivity index (χ3v) is 13.8. The Morgan fingerprint density at radius 3 is 1.64 bits per heavy atom. The lowest BCUT2D eigenvalue weighted by Crippen LogP contribution is -1.98. The number of rotatable bonds is 7. The standard InChI is InChI=1S/C65H40N4O/c1-3-17-43(18-4-1)64-53-39-60-63(52-28-10-14-32-59(52)70-60)61(62(53)51-27-7-11-29-54(51)66-64)47-23-15-21-45(37-47)41-33-35-42(36-34-41)55-40-56(68-65(67-55)44-19-5-2-6-20-44)46-22-16-24-48(38-46)69-57-30-12-8-25-49(57)50-26-9-13-31-58(50)69/h1-40H. The van der Waals surface area contributed by atoms with E-state index in [1.54, 1.807) is 0 Å².